The first-order valence-electron chi connectivity index (χ1n) is 9.26. The smallest absolute Gasteiger partial charge is 0.303 e. The summed E-state index contributed by atoms with van der Waals surface area (Å²) in [7, 11) is 0. The lowest BCUT2D eigenvalue weighted by Gasteiger charge is -2.43. The average Bonchev–Trinajstić information content (AvgIpc) is 2.62. The fraction of sp³-hybridized carbons (Fsp3) is 0.833. The van der Waals surface area contributed by atoms with Crippen molar-refractivity contribution in [3.8, 4) is 0 Å². The molecule has 0 spiro atoms. The Morgan fingerprint density at radius 1 is 0.759 bits per heavy atom. The molecule has 1 aliphatic rings. The number of halogens is 1. The summed E-state index contributed by atoms with van der Waals surface area (Å²) in [5.41, 5.74) is 0. The molecular formula is C18H29ClO10. The standard InChI is InChI=1S/C18H29ClO10/c1-11-15(27-12(2)20)16(28-13(3)21)17(29-14(4)22)18(26-11)25-10-9-24-8-7-23-6-5-19/h11,15-18H,5-10H2,1-4H3/t11-,15?,16-,17-,18?/m0/s1. The Hall–Kier alpha value is -1.46. The van der Waals surface area contributed by atoms with E-state index in [1.165, 1.54) is 20.8 Å². The summed E-state index contributed by atoms with van der Waals surface area (Å²) in [5, 5.41) is 0. The van der Waals surface area contributed by atoms with Crippen LogP contribution in [0.25, 0.3) is 0 Å². The minimum absolute atomic E-state index is 0.121. The maximum Gasteiger partial charge on any atom is 0.303 e. The summed E-state index contributed by atoms with van der Waals surface area (Å²) < 4.78 is 37.7. The Morgan fingerprint density at radius 2 is 1.24 bits per heavy atom. The molecule has 1 saturated heterocycles. The van der Waals surface area contributed by atoms with Gasteiger partial charge in [-0.2, -0.15) is 0 Å². The number of carbonyl (C=O) groups excluding carboxylic acids is 3. The molecule has 29 heavy (non-hydrogen) atoms. The van der Waals surface area contributed by atoms with Crippen LogP contribution < -0.4 is 0 Å². The first-order valence-corrected chi connectivity index (χ1v) is 9.79. The SMILES string of the molecule is CC(=O)OC1[C@H](C)OC(OCCOCCOCCCl)[C@@H](OC(C)=O)[C@H]1OC(C)=O. The number of alkyl halides is 1. The summed E-state index contributed by atoms with van der Waals surface area (Å²) in [6.45, 7) is 6.81. The van der Waals surface area contributed by atoms with Gasteiger partial charge in [0.05, 0.1) is 39.1 Å². The van der Waals surface area contributed by atoms with Crippen molar-refractivity contribution in [2.45, 2.75) is 58.4 Å². The van der Waals surface area contributed by atoms with E-state index in [0.29, 0.717) is 25.7 Å². The Kier molecular flexibility index (Phi) is 12.1. The quantitative estimate of drug-likeness (QED) is 0.187. The summed E-state index contributed by atoms with van der Waals surface area (Å²) >= 11 is 5.50. The van der Waals surface area contributed by atoms with Crippen LogP contribution in [-0.2, 0) is 47.5 Å². The first kappa shape index (κ1) is 25.6. The fourth-order valence-corrected chi connectivity index (χ4v) is 2.81. The third-order valence-corrected chi connectivity index (χ3v) is 3.89. The van der Waals surface area contributed by atoms with Crippen LogP contribution in [0.1, 0.15) is 27.7 Å². The summed E-state index contributed by atoms with van der Waals surface area (Å²) in [6.07, 6.45) is -4.88. The van der Waals surface area contributed by atoms with E-state index in [1.54, 1.807) is 6.92 Å². The zero-order valence-corrected chi connectivity index (χ0v) is 17.8. The van der Waals surface area contributed by atoms with Gasteiger partial charge in [0, 0.05) is 26.7 Å². The minimum Gasteiger partial charge on any atom is -0.456 e. The minimum atomic E-state index is -1.12. The molecule has 0 aromatic carbocycles. The van der Waals surface area contributed by atoms with Crippen molar-refractivity contribution in [3.05, 3.63) is 0 Å². The number of rotatable bonds is 12. The van der Waals surface area contributed by atoms with Gasteiger partial charge in [0.15, 0.2) is 24.6 Å². The van der Waals surface area contributed by atoms with Crippen molar-refractivity contribution in [2.75, 3.05) is 38.9 Å². The normalized spacial score (nSPS) is 26.6. The van der Waals surface area contributed by atoms with E-state index in [-0.39, 0.29) is 13.2 Å². The molecule has 0 radical (unpaired) electrons. The van der Waals surface area contributed by atoms with E-state index >= 15 is 0 Å². The molecule has 0 aromatic rings. The van der Waals surface area contributed by atoms with Crippen LogP contribution in [0.4, 0.5) is 0 Å². The van der Waals surface area contributed by atoms with Gasteiger partial charge in [0.25, 0.3) is 0 Å². The van der Waals surface area contributed by atoms with E-state index in [1.807, 2.05) is 0 Å². The summed E-state index contributed by atoms with van der Waals surface area (Å²) in [5.74, 6) is -1.44. The monoisotopic (exact) mass is 440 g/mol. The molecule has 10 nitrogen and oxygen atoms in total. The number of carbonyl (C=O) groups is 3. The second kappa shape index (κ2) is 13.7. The fourth-order valence-electron chi connectivity index (χ4n) is 2.70. The number of hydrogen-bond donors (Lipinski definition) is 0. The molecule has 0 aliphatic carbocycles. The van der Waals surface area contributed by atoms with Crippen LogP contribution in [-0.4, -0.2) is 87.5 Å². The molecular weight excluding hydrogens is 412 g/mol. The maximum absolute atomic E-state index is 11.6. The Bertz CT molecular complexity index is 529. The summed E-state index contributed by atoms with van der Waals surface area (Å²) in [6, 6.07) is 0. The highest BCUT2D eigenvalue weighted by Gasteiger charge is 2.50. The molecule has 1 rings (SSSR count). The van der Waals surface area contributed by atoms with Gasteiger partial charge in [-0.25, -0.2) is 0 Å². The highest BCUT2D eigenvalue weighted by molar-refractivity contribution is 6.17. The van der Waals surface area contributed by atoms with Gasteiger partial charge in [-0.1, -0.05) is 0 Å². The van der Waals surface area contributed by atoms with E-state index in [9.17, 15) is 14.4 Å². The zero-order chi connectivity index (χ0) is 21.8. The molecule has 1 heterocycles. The van der Waals surface area contributed by atoms with Crippen molar-refractivity contribution in [1.82, 2.24) is 0 Å². The van der Waals surface area contributed by atoms with E-state index in [0.717, 1.165) is 0 Å². The predicted octanol–water partition coefficient (Wildman–Crippen LogP) is 0.815. The lowest BCUT2D eigenvalue weighted by Crippen LogP contribution is -2.61. The predicted molar refractivity (Wildman–Crippen MR) is 99.3 cm³/mol. The van der Waals surface area contributed by atoms with Crippen LogP contribution in [0.3, 0.4) is 0 Å². The molecule has 1 fully saturated rings. The topological polar surface area (TPSA) is 116 Å². The third-order valence-electron chi connectivity index (χ3n) is 3.74. The van der Waals surface area contributed by atoms with Crippen LogP contribution >= 0.6 is 11.6 Å². The van der Waals surface area contributed by atoms with Gasteiger partial charge in [-0.05, 0) is 6.92 Å². The first-order chi connectivity index (χ1) is 13.8. The molecule has 168 valence electrons. The van der Waals surface area contributed by atoms with E-state index in [2.05, 4.69) is 0 Å². The van der Waals surface area contributed by atoms with Crippen molar-refractivity contribution in [2.24, 2.45) is 0 Å². The molecule has 11 heteroatoms. The molecule has 0 aromatic heterocycles. The van der Waals surface area contributed by atoms with Gasteiger partial charge in [-0.15, -0.1) is 11.6 Å². The lowest BCUT2D eigenvalue weighted by molar-refractivity contribution is -0.302. The van der Waals surface area contributed by atoms with Crippen molar-refractivity contribution in [3.63, 3.8) is 0 Å². The van der Waals surface area contributed by atoms with Crippen LogP contribution in [0.5, 0.6) is 0 Å². The van der Waals surface area contributed by atoms with Crippen molar-refractivity contribution < 1.29 is 47.5 Å². The second-order valence-corrected chi connectivity index (χ2v) is 6.59. The lowest BCUT2D eigenvalue weighted by atomic mass is 9.99. The molecule has 1 aliphatic heterocycles. The van der Waals surface area contributed by atoms with Crippen molar-refractivity contribution >= 4 is 29.5 Å². The number of ether oxygens (including phenoxy) is 7. The van der Waals surface area contributed by atoms with Crippen LogP contribution in [0, 0.1) is 0 Å². The average molecular weight is 441 g/mol. The van der Waals surface area contributed by atoms with Crippen LogP contribution in [0.2, 0.25) is 0 Å². The molecule has 0 amide bonds. The third kappa shape index (κ3) is 9.72. The van der Waals surface area contributed by atoms with Gasteiger partial charge in [0.2, 0.25) is 0 Å². The molecule has 2 unspecified atom stereocenters. The van der Waals surface area contributed by atoms with Gasteiger partial charge in [-0.3, -0.25) is 14.4 Å². The summed E-state index contributed by atoms with van der Waals surface area (Å²) in [4.78, 5) is 34.6. The zero-order valence-electron chi connectivity index (χ0n) is 17.1. The Morgan fingerprint density at radius 3 is 1.79 bits per heavy atom. The Labute approximate surface area is 175 Å². The largest absolute Gasteiger partial charge is 0.456 e. The molecule has 5 atom stereocenters. The number of esters is 3. The van der Waals surface area contributed by atoms with Gasteiger partial charge < -0.3 is 33.2 Å². The van der Waals surface area contributed by atoms with E-state index in [4.69, 9.17) is 44.8 Å². The highest BCUT2D eigenvalue weighted by Crippen LogP contribution is 2.29. The van der Waals surface area contributed by atoms with Crippen molar-refractivity contribution in [1.29, 1.82) is 0 Å². The number of hydrogen-bond acceptors (Lipinski definition) is 10. The molecule has 0 N–H and O–H groups in total. The molecule has 0 saturated carbocycles. The molecule has 0 bridgehead atoms. The van der Waals surface area contributed by atoms with E-state index < -0.39 is 48.6 Å². The van der Waals surface area contributed by atoms with Crippen LogP contribution in [0.15, 0.2) is 0 Å². The Balaban J connectivity index is 2.72. The van der Waals surface area contributed by atoms with Gasteiger partial charge in [0.1, 0.15) is 0 Å². The second-order valence-electron chi connectivity index (χ2n) is 6.22. The van der Waals surface area contributed by atoms with Gasteiger partial charge >= 0.3 is 17.9 Å². The highest BCUT2D eigenvalue weighted by atomic mass is 35.5. The maximum atomic E-state index is 11.6.